The fourth-order valence-electron chi connectivity index (χ4n) is 2.51. The van der Waals surface area contributed by atoms with Crippen molar-refractivity contribution in [2.45, 2.75) is 39.2 Å². The van der Waals surface area contributed by atoms with Gasteiger partial charge in [-0.05, 0) is 42.2 Å². The lowest BCUT2D eigenvalue weighted by atomic mass is 9.86. The van der Waals surface area contributed by atoms with E-state index in [4.69, 9.17) is 4.74 Å². The first-order valence-corrected chi connectivity index (χ1v) is 9.31. The molecule has 2 rings (SSSR count). The molecule has 0 spiro atoms. The molecule has 8 heteroatoms. The highest BCUT2D eigenvalue weighted by Crippen LogP contribution is 2.22. The molecule has 0 aliphatic rings. The van der Waals surface area contributed by atoms with Gasteiger partial charge in [0.05, 0.1) is 0 Å². The van der Waals surface area contributed by atoms with Crippen LogP contribution in [0.1, 0.15) is 43.6 Å². The van der Waals surface area contributed by atoms with Gasteiger partial charge in [-0.15, -0.1) is 0 Å². The number of anilines is 1. The number of carbonyl (C=O) groups is 3. The van der Waals surface area contributed by atoms with Gasteiger partial charge in [0.1, 0.15) is 23.4 Å². The SMILES string of the molecule is C[C@H](NC(=O)c1ccc(C(C)(C)C)cc1)C(=O)OCC(=O)Nc1c(F)cccc1F. The number of rotatable bonds is 6. The van der Waals surface area contributed by atoms with Crippen LogP contribution in [-0.2, 0) is 19.7 Å². The Bertz CT molecular complexity index is 917. The number of halogens is 2. The van der Waals surface area contributed by atoms with Crippen molar-refractivity contribution < 1.29 is 27.9 Å². The molecule has 6 nitrogen and oxygen atoms in total. The Morgan fingerprint density at radius 1 is 1.00 bits per heavy atom. The first-order chi connectivity index (χ1) is 14.0. The molecule has 1 atom stereocenters. The number of nitrogens with one attached hydrogen (secondary N) is 2. The van der Waals surface area contributed by atoms with Crippen LogP contribution in [0.4, 0.5) is 14.5 Å². The minimum Gasteiger partial charge on any atom is -0.454 e. The fraction of sp³-hybridized carbons (Fsp3) is 0.318. The molecule has 2 N–H and O–H groups in total. The third-order valence-electron chi connectivity index (χ3n) is 4.29. The highest BCUT2D eigenvalue weighted by atomic mass is 19.1. The molecule has 2 aromatic carbocycles. The van der Waals surface area contributed by atoms with Crippen LogP contribution in [0.2, 0.25) is 0 Å². The molecule has 2 aromatic rings. The van der Waals surface area contributed by atoms with Gasteiger partial charge in [0, 0.05) is 5.56 Å². The van der Waals surface area contributed by atoms with Gasteiger partial charge in [0.25, 0.3) is 11.8 Å². The molecular formula is C22H24F2N2O4. The first-order valence-electron chi connectivity index (χ1n) is 9.31. The monoisotopic (exact) mass is 418 g/mol. The van der Waals surface area contributed by atoms with Crippen LogP contribution in [0.25, 0.3) is 0 Å². The third-order valence-corrected chi connectivity index (χ3v) is 4.29. The number of benzene rings is 2. The molecule has 0 heterocycles. The van der Waals surface area contributed by atoms with Crippen molar-refractivity contribution in [2.24, 2.45) is 0 Å². The average Bonchev–Trinajstić information content (AvgIpc) is 2.68. The highest BCUT2D eigenvalue weighted by Gasteiger charge is 2.21. The maximum atomic E-state index is 13.5. The van der Waals surface area contributed by atoms with Crippen LogP contribution >= 0.6 is 0 Å². The summed E-state index contributed by atoms with van der Waals surface area (Å²) in [6.45, 7) is 6.80. The van der Waals surface area contributed by atoms with E-state index in [1.165, 1.54) is 6.92 Å². The van der Waals surface area contributed by atoms with E-state index in [0.29, 0.717) is 5.56 Å². The van der Waals surface area contributed by atoms with E-state index in [9.17, 15) is 23.2 Å². The van der Waals surface area contributed by atoms with Crippen molar-refractivity contribution in [3.8, 4) is 0 Å². The van der Waals surface area contributed by atoms with E-state index >= 15 is 0 Å². The topological polar surface area (TPSA) is 84.5 Å². The fourth-order valence-corrected chi connectivity index (χ4v) is 2.51. The van der Waals surface area contributed by atoms with Crippen molar-refractivity contribution in [2.75, 3.05) is 11.9 Å². The van der Waals surface area contributed by atoms with Gasteiger partial charge in [-0.25, -0.2) is 13.6 Å². The summed E-state index contributed by atoms with van der Waals surface area (Å²) in [6.07, 6.45) is 0. The van der Waals surface area contributed by atoms with Crippen LogP contribution in [-0.4, -0.2) is 30.4 Å². The molecular weight excluding hydrogens is 394 g/mol. The predicted octanol–water partition coefficient (Wildman–Crippen LogP) is 3.56. The molecule has 0 aliphatic heterocycles. The number of hydrogen-bond donors (Lipinski definition) is 2. The smallest absolute Gasteiger partial charge is 0.328 e. The average molecular weight is 418 g/mol. The maximum Gasteiger partial charge on any atom is 0.328 e. The van der Waals surface area contributed by atoms with Gasteiger partial charge < -0.3 is 15.4 Å². The van der Waals surface area contributed by atoms with Crippen molar-refractivity contribution >= 4 is 23.5 Å². The van der Waals surface area contributed by atoms with Crippen molar-refractivity contribution in [1.82, 2.24) is 5.32 Å². The Kier molecular flexibility index (Phi) is 7.26. The summed E-state index contributed by atoms with van der Waals surface area (Å²) in [6, 6.07) is 9.08. The molecule has 0 saturated heterocycles. The molecule has 0 bridgehead atoms. The van der Waals surface area contributed by atoms with Crippen molar-refractivity contribution in [3.63, 3.8) is 0 Å². The van der Waals surface area contributed by atoms with E-state index < -0.39 is 47.8 Å². The molecule has 0 unspecified atom stereocenters. The normalized spacial score (nSPS) is 12.1. The van der Waals surface area contributed by atoms with E-state index in [-0.39, 0.29) is 5.41 Å². The first kappa shape index (κ1) is 23.0. The molecule has 2 amide bonds. The lowest BCUT2D eigenvalue weighted by molar-refractivity contribution is -0.148. The second-order valence-corrected chi connectivity index (χ2v) is 7.78. The van der Waals surface area contributed by atoms with Crippen LogP contribution in [0.5, 0.6) is 0 Å². The number of ether oxygens (including phenoxy) is 1. The molecule has 0 saturated carbocycles. The molecule has 30 heavy (non-hydrogen) atoms. The van der Waals surface area contributed by atoms with Gasteiger partial charge in [0.15, 0.2) is 6.61 Å². The summed E-state index contributed by atoms with van der Waals surface area (Å²) in [4.78, 5) is 36.1. The van der Waals surface area contributed by atoms with Gasteiger partial charge in [-0.3, -0.25) is 9.59 Å². The Morgan fingerprint density at radius 2 is 1.57 bits per heavy atom. The number of amides is 2. The summed E-state index contributed by atoms with van der Waals surface area (Å²) in [5, 5.41) is 4.48. The van der Waals surface area contributed by atoms with E-state index in [0.717, 1.165) is 23.8 Å². The summed E-state index contributed by atoms with van der Waals surface area (Å²) >= 11 is 0. The zero-order chi connectivity index (χ0) is 22.5. The molecule has 0 aromatic heterocycles. The van der Waals surface area contributed by atoms with Gasteiger partial charge in [-0.1, -0.05) is 39.0 Å². The second kappa shape index (κ2) is 9.47. The molecule has 0 radical (unpaired) electrons. The van der Waals surface area contributed by atoms with Crippen molar-refractivity contribution in [1.29, 1.82) is 0 Å². The minimum atomic E-state index is -1.03. The second-order valence-electron chi connectivity index (χ2n) is 7.78. The number of hydrogen-bond acceptors (Lipinski definition) is 4. The Labute approximate surface area is 173 Å². The number of esters is 1. The predicted molar refractivity (Wildman–Crippen MR) is 108 cm³/mol. The summed E-state index contributed by atoms with van der Waals surface area (Å²) in [5.41, 5.74) is 0.746. The third kappa shape index (κ3) is 6.10. The number of carbonyl (C=O) groups excluding carboxylic acids is 3. The largest absolute Gasteiger partial charge is 0.454 e. The minimum absolute atomic E-state index is 0.0573. The van der Waals surface area contributed by atoms with Crippen LogP contribution in [0.3, 0.4) is 0 Å². The van der Waals surface area contributed by atoms with Crippen LogP contribution in [0.15, 0.2) is 42.5 Å². The Morgan fingerprint density at radius 3 is 2.10 bits per heavy atom. The summed E-state index contributed by atoms with van der Waals surface area (Å²) < 4.78 is 31.9. The van der Waals surface area contributed by atoms with E-state index in [1.54, 1.807) is 12.1 Å². The lowest BCUT2D eigenvalue weighted by Crippen LogP contribution is -2.40. The summed E-state index contributed by atoms with van der Waals surface area (Å²) in [5.74, 6) is -4.15. The zero-order valence-electron chi connectivity index (χ0n) is 17.2. The number of para-hydroxylation sites is 1. The molecule has 0 fully saturated rings. The van der Waals surface area contributed by atoms with Gasteiger partial charge >= 0.3 is 5.97 Å². The lowest BCUT2D eigenvalue weighted by Gasteiger charge is -2.19. The van der Waals surface area contributed by atoms with Crippen LogP contribution in [0, 0.1) is 11.6 Å². The van der Waals surface area contributed by atoms with Crippen LogP contribution < -0.4 is 10.6 Å². The van der Waals surface area contributed by atoms with Gasteiger partial charge in [-0.2, -0.15) is 0 Å². The van der Waals surface area contributed by atoms with Gasteiger partial charge in [0.2, 0.25) is 0 Å². The molecule has 0 aliphatic carbocycles. The van der Waals surface area contributed by atoms with E-state index in [1.807, 2.05) is 17.4 Å². The van der Waals surface area contributed by atoms with Crippen molar-refractivity contribution in [3.05, 3.63) is 65.2 Å². The summed E-state index contributed by atoms with van der Waals surface area (Å²) in [7, 11) is 0. The quantitative estimate of drug-likeness (QED) is 0.703. The Hall–Kier alpha value is -3.29. The highest BCUT2D eigenvalue weighted by molar-refractivity contribution is 5.97. The van der Waals surface area contributed by atoms with E-state index in [2.05, 4.69) is 26.1 Å². The standard InChI is InChI=1S/C22H24F2N2O4/c1-13(25-20(28)14-8-10-15(11-9-14)22(2,3)4)21(29)30-12-18(27)26-19-16(23)6-5-7-17(19)24/h5-11,13H,12H2,1-4H3,(H,25,28)(H,26,27)/t13-/m0/s1. The molecule has 160 valence electrons. The maximum absolute atomic E-state index is 13.5. The Balaban J connectivity index is 1.87. The zero-order valence-corrected chi connectivity index (χ0v) is 17.2.